The molecule has 0 radical (unpaired) electrons. The van der Waals surface area contributed by atoms with Gasteiger partial charge in [-0.25, -0.2) is 0 Å². The minimum Gasteiger partial charge on any atom is -0.378 e. The molecular formula is C9H17N3O4S. The summed E-state index contributed by atoms with van der Waals surface area (Å²) in [6, 6.07) is 8.28. The summed E-state index contributed by atoms with van der Waals surface area (Å²) in [6.45, 7) is 0.716. The molecule has 0 atom stereocenters. The zero-order valence-corrected chi connectivity index (χ0v) is 10.5. The van der Waals surface area contributed by atoms with E-state index in [1.807, 2.05) is 14.1 Å². The molecule has 0 bridgehead atoms. The lowest BCUT2D eigenvalue weighted by molar-refractivity contribution is 0.381. The van der Waals surface area contributed by atoms with E-state index in [-0.39, 0.29) is 0 Å². The van der Waals surface area contributed by atoms with E-state index in [0.29, 0.717) is 6.54 Å². The number of benzene rings is 1. The Morgan fingerprint density at radius 1 is 1.24 bits per heavy atom. The highest BCUT2D eigenvalue weighted by Gasteiger charge is 1.94. The predicted molar refractivity (Wildman–Crippen MR) is 66.0 cm³/mol. The molecule has 17 heavy (non-hydrogen) atoms. The molecule has 0 aliphatic carbocycles. The van der Waals surface area contributed by atoms with E-state index in [4.69, 9.17) is 23.4 Å². The summed E-state index contributed by atoms with van der Waals surface area (Å²) in [5.41, 5.74) is 5.02. The van der Waals surface area contributed by atoms with Gasteiger partial charge < -0.3 is 4.90 Å². The normalized spacial score (nSPS) is 10.4. The van der Waals surface area contributed by atoms with E-state index in [1.165, 1.54) is 11.3 Å². The maximum absolute atomic E-state index is 8.74. The zero-order chi connectivity index (χ0) is 13.5. The van der Waals surface area contributed by atoms with Crippen LogP contribution in [0.2, 0.25) is 0 Å². The summed E-state index contributed by atoms with van der Waals surface area (Å²) in [5, 5.41) is 0. The van der Waals surface area contributed by atoms with Crippen molar-refractivity contribution < 1.29 is 17.5 Å². The molecule has 0 aliphatic rings. The van der Waals surface area contributed by atoms with Crippen LogP contribution in [0.1, 0.15) is 5.56 Å². The second-order valence-electron chi connectivity index (χ2n) is 3.39. The molecule has 0 aliphatic heterocycles. The van der Waals surface area contributed by atoms with Crippen molar-refractivity contribution in [2.45, 2.75) is 6.54 Å². The van der Waals surface area contributed by atoms with Crippen LogP contribution >= 0.6 is 0 Å². The molecule has 5 N–H and O–H groups in total. The first-order valence-electron chi connectivity index (χ1n) is 4.63. The minimum atomic E-state index is -4.67. The average Bonchev–Trinajstić information content (AvgIpc) is 2.16. The van der Waals surface area contributed by atoms with Gasteiger partial charge in [0.1, 0.15) is 0 Å². The van der Waals surface area contributed by atoms with Gasteiger partial charge in [0, 0.05) is 26.3 Å². The summed E-state index contributed by atoms with van der Waals surface area (Å²) in [4.78, 5) is 2.07. The topological polar surface area (TPSA) is 116 Å². The van der Waals surface area contributed by atoms with Gasteiger partial charge >= 0.3 is 10.4 Å². The van der Waals surface area contributed by atoms with Gasteiger partial charge in [0.05, 0.1) is 0 Å². The van der Waals surface area contributed by atoms with Crippen LogP contribution in [0, 0.1) is 0 Å². The molecule has 0 saturated carbocycles. The Bertz CT molecular complexity index is 408. The fourth-order valence-corrected chi connectivity index (χ4v) is 1.03. The summed E-state index contributed by atoms with van der Waals surface area (Å²) in [7, 11) is -0.619. The van der Waals surface area contributed by atoms with E-state index < -0.39 is 10.4 Å². The highest BCUT2D eigenvalue weighted by molar-refractivity contribution is 7.79. The maximum atomic E-state index is 8.74. The number of nitrogens with zero attached hydrogens (tertiary/aromatic N) is 1. The molecule has 1 rings (SSSR count). The van der Waals surface area contributed by atoms with Crippen LogP contribution < -0.4 is 16.2 Å². The predicted octanol–water partition coefficient (Wildman–Crippen LogP) is 0.0631. The van der Waals surface area contributed by atoms with E-state index >= 15 is 0 Å². The molecule has 8 heteroatoms. The number of nitrogens with one attached hydrogen (secondary N) is 1. The second-order valence-corrected chi connectivity index (χ2v) is 4.29. The zero-order valence-electron chi connectivity index (χ0n) is 9.66. The third-order valence-electron chi connectivity index (χ3n) is 1.76. The van der Waals surface area contributed by atoms with Crippen LogP contribution in [-0.4, -0.2) is 31.6 Å². The van der Waals surface area contributed by atoms with E-state index in [9.17, 15) is 0 Å². The minimum absolute atomic E-state index is 0.716. The summed E-state index contributed by atoms with van der Waals surface area (Å²) < 4.78 is 31.6. The Morgan fingerprint density at radius 2 is 1.65 bits per heavy atom. The summed E-state index contributed by atoms with van der Waals surface area (Å²) in [5.74, 6) is 5.20. The molecule has 98 valence electrons. The third-order valence-corrected chi connectivity index (χ3v) is 1.76. The monoisotopic (exact) mass is 263 g/mol. The van der Waals surface area contributed by atoms with Gasteiger partial charge in [0.15, 0.2) is 0 Å². The van der Waals surface area contributed by atoms with Crippen LogP contribution in [-0.2, 0) is 16.9 Å². The molecule has 0 saturated heterocycles. The number of anilines is 1. The van der Waals surface area contributed by atoms with Crippen molar-refractivity contribution in [1.29, 1.82) is 0 Å². The lowest BCUT2D eigenvalue weighted by Gasteiger charge is -2.12. The quantitative estimate of drug-likeness (QED) is 0.346. The van der Waals surface area contributed by atoms with Crippen molar-refractivity contribution in [2.75, 3.05) is 19.0 Å². The SMILES string of the molecule is CN(C)c1ccc(CNN)cc1.O=S(=O)(O)O. The Kier molecular flexibility index (Phi) is 6.69. The first kappa shape index (κ1) is 15.8. The number of rotatable bonds is 3. The van der Waals surface area contributed by atoms with Gasteiger partial charge in [-0.2, -0.15) is 8.42 Å². The van der Waals surface area contributed by atoms with Crippen molar-refractivity contribution in [3.8, 4) is 0 Å². The van der Waals surface area contributed by atoms with Gasteiger partial charge in [-0.1, -0.05) is 12.1 Å². The van der Waals surface area contributed by atoms with Crippen LogP contribution in [0.3, 0.4) is 0 Å². The number of hydrogen-bond donors (Lipinski definition) is 4. The Morgan fingerprint density at radius 3 is 1.94 bits per heavy atom. The number of hydrogen-bond acceptors (Lipinski definition) is 5. The highest BCUT2D eigenvalue weighted by atomic mass is 32.3. The Hall–Kier alpha value is -1.19. The first-order chi connectivity index (χ1) is 7.74. The van der Waals surface area contributed by atoms with E-state index in [1.54, 1.807) is 0 Å². The van der Waals surface area contributed by atoms with Gasteiger partial charge in [-0.05, 0) is 17.7 Å². The van der Waals surface area contributed by atoms with Crippen molar-refractivity contribution in [1.82, 2.24) is 5.43 Å². The molecule has 0 fully saturated rings. The van der Waals surface area contributed by atoms with Gasteiger partial charge in [0.2, 0.25) is 0 Å². The van der Waals surface area contributed by atoms with Gasteiger partial charge in [-0.3, -0.25) is 20.4 Å². The molecular weight excluding hydrogens is 246 g/mol. The van der Waals surface area contributed by atoms with Crippen LogP contribution in [0.15, 0.2) is 24.3 Å². The highest BCUT2D eigenvalue weighted by Crippen LogP contribution is 2.11. The molecule has 0 unspecified atom stereocenters. The van der Waals surface area contributed by atoms with Crippen LogP contribution in [0.25, 0.3) is 0 Å². The van der Waals surface area contributed by atoms with E-state index in [0.717, 1.165) is 0 Å². The van der Waals surface area contributed by atoms with Crippen LogP contribution in [0.4, 0.5) is 5.69 Å². The molecule has 1 aromatic carbocycles. The van der Waals surface area contributed by atoms with Gasteiger partial charge in [-0.15, -0.1) is 0 Å². The molecule has 0 heterocycles. The molecule has 0 amide bonds. The molecule has 1 aromatic rings. The van der Waals surface area contributed by atoms with Crippen molar-refractivity contribution in [2.24, 2.45) is 5.84 Å². The maximum Gasteiger partial charge on any atom is 0.394 e. The smallest absolute Gasteiger partial charge is 0.378 e. The lowest BCUT2D eigenvalue weighted by atomic mass is 10.2. The Balaban J connectivity index is 0.000000437. The molecule has 0 aromatic heterocycles. The van der Waals surface area contributed by atoms with Crippen molar-refractivity contribution >= 4 is 16.1 Å². The summed E-state index contributed by atoms with van der Waals surface area (Å²) in [6.07, 6.45) is 0. The van der Waals surface area contributed by atoms with Crippen molar-refractivity contribution in [3.63, 3.8) is 0 Å². The fraction of sp³-hybridized carbons (Fsp3) is 0.333. The molecule has 7 nitrogen and oxygen atoms in total. The van der Waals surface area contributed by atoms with Crippen LogP contribution in [0.5, 0.6) is 0 Å². The number of hydrazine groups is 1. The fourth-order valence-electron chi connectivity index (χ4n) is 1.03. The number of nitrogens with two attached hydrogens (primary N) is 1. The standard InChI is InChI=1S/C9H15N3.H2O4S/c1-12(2)9-5-3-8(4-6-9)7-11-10;1-5(2,3)4/h3-6,11H,7,10H2,1-2H3;(H2,1,2,3,4). The second kappa shape index (κ2) is 7.20. The summed E-state index contributed by atoms with van der Waals surface area (Å²) >= 11 is 0. The Labute approximate surface area is 101 Å². The largest absolute Gasteiger partial charge is 0.394 e. The lowest BCUT2D eigenvalue weighted by Crippen LogP contribution is -2.20. The molecule has 0 spiro atoms. The average molecular weight is 263 g/mol. The third kappa shape index (κ3) is 9.72. The van der Waals surface area contributed by atoms with Gasteiger partial charge in [0.25, 0.3) is 0 Å². The first-order valence-corrected chi connectivity index (χ1v) is 6.03. The van der Waals surface area contributed by atoms with E-state index in [2.05, 4.69) is 34.6 Å². The van der Waals surface area contributed by atoms with Crippen molar-refractivity contribution in [3.05, 3.63) is 29.8 Å².